The predicted octanol–water partition coefficient (Wildman–Crippen LogP) is 1.91. The molecule has 0 aromatic heterocycles. The summed E-state index contributed by atoms with van der Waals surface area (Å²) in [6, 6.07) is 7.98. The number of hydrogen-bond acceptors (Lipinski definition) is 2. The van der Waals surface area contributed by atoms with Crippen LogP contribution in [0.15, 0.2) is 24.3 Å². The molecule has 0 aliphatic heterocycles. The Labute approximate surface area is 115 Å². The maximum atomic E-state index is 11.5. The van der Waals surface area contributed by atoms with Gasteiger partial charge in [-0.25, -0.2) is 0 Å². The number of hydrogen-bond donors (Lipinski definition) is 2. The smallest absolute Gasteiger partial charge is 0.236 e. The first-order valence-corrected chi connectivity index (χ1v) is 6.15. The van der Waals surface area contributed by atoms with E-state index >= 15 is 0 Å². The van der Waals surface area contributed by atoms with Gasteiger partial charge in [-0.15, -0.1) is 12.4 Å². The molecule has 1 aromatic rings. The zero-order chi connectivity index (χ0) is 12.5. The molecule has 2 rings (SSSR count). The normalized spacial score (nSPS) is 17.5. The Balaban J connectivity index is 0.00000162. The van der Waals surface area contributed by atoms with Crippen molar-refractivity contribution in [3.05, 3.63) is 35.4 Å². The fraction of sp³-hybridized carbons (Fsp3) is 0.500. The van der Waals surface area contributed by atoms with Crippen LogP contribution in [0.2, 0.25) is 0 Å². The lowest BCUT2D eigenvalue weighted by atomic mass is 9.92. The van der Waals surface area contributed by atoms with Crippen LogP contribution in [0.5, 0.6) is 0 Å². The van der Waals surface area contributed by atoms with E-state index in [1.54, 1.807) is 6.92 Å². The predicted molar refractivity (Wildman–Crippen MR) is 76.0 cm³/mol. The van der Waals surface area contributed by atoms with Crippen LogP contribution in [-0.2, 0) is 10.2 Å². The third-order valence-corrected chi connectivity index (χ3v) is 3.58. The van der Waals surface area contributed by atoms with Crippen LogP contribution in [-0.4, -0.2) is 18.5 Å². The molecule has 0 heterocycles. The van der Waals surface area contributed by atoms with Gasteiger partial charge in [-0.3, -0.25) is 4.79 Å². The van der Waals surface area contributed by atoms with Crippen LogP contribution >= 0.6 is 12.4 Å². The van der Waals surface area contributed by atoms with Gasteiger partial charge < -0.3 is 11.1 Å². The summed E-state index contributed by atoms with van der Waals surface area (Å²) in [6.45, 7) is 4.55. The number of benzene rings is 1. The van der Waals surface area contributed by atoms with Crippen molar-refractivity contribution in [1.29, 1.82) is 0 Å². The second kappa shape index (κ2) is 5.72. The van der Waals surface area contributed by atoms with E-state index < -0.39 is 6.04 Å². The number of rotatable bonds is 4. The van der Waals surface area contributed by atoms with Gasteiger partial charge >= 0.3 is 0 Å². The lowest BCUT2D eigenvalue weighted by Crippen LogP contribution is -2.41. The summed E-state index contributed by atoms with van der Waals surface area (Å²) in [4.78, 5) is 11.5. The highest BCUT2D eigenvalue weighted by atomic mass is 35.5. The van der Waals surface area contributed by atoms with E-state index in [1.807, 2.05) is 0 Å². The molecule has 1 aliphatic rings. The molecule has 0 spiro atoms. The van der Waals surface area contributed by atoms with Gasteiger partial charge in [0.2, 0.25) is 5.91 Å². The van der Waals surface area contributed by atoms with E-state index in [-0.39, 0.29) is 23.7 Å². The van der Waals surface area contributed by atoms with E-state index in [0.29, 0.717) is 6.54 Å². The molecule has 100 valence electrons. The molecule has 4 heteroatoms. The number of nitrogens with two attached hydrogens (primary N) is 1. The van der Waals surface area contributed by atoms with Crippen molar-refractivity contribution in [2.24, 2.45) is 5.73 Å². The highest BCUT2D eigenvalue weighted by molar-refractivity contribution is 5.85. The topological polar surface area (TPSA) is 55.1 Å². The standard InChI is InChI=1S/C14H20N2O.ClH/c1-10-5-3-4-6-12(10)14(7-8-14)9-16-13(17)11(2)15;/h3-6,11H,7-9,15H2,1-2H3,(H,16,17);1H/t11-;/m0./s1. The number of carbonyl (C=O) groups is 1. The van der Waals surface area contributed by atoms with Gasteiger partial charge in [-0.1, -0.05) is 24.3 Å². The van der Waals surface area contributed by atoms with Crippen LogP contribution < -0.4 is 11.1 Å². The van der Waals surface area contributed by atoms with Crippen LogP contribution in [0.3, 0.4) is 0 Å². The highest BCUT2D eigenvalue weighted by Gasteiger charge is 2.45. The van der Waals surface area contributed by atoms with Gasteiger partial charge in [-0.2, -0.15) is 0 Å². The minimum atomic E-state index is -0.428. The summed E-state index contributed by atoms with van der Waals surface area (Å²) in [5, 5.41) is 2.95. The molecule has 1 atom stereocenters. The Kier molecular flexibility index (Phi) is 4.77. The molecule has 1 aliphatic carbocycles. The van der Waals surface area contributed by atoms with E-state index in [4.69, 9.17) is 5.73 Å². The molecule has 0 saturated heterocycles. The van der Waals surface area contributed by atoms with Gasteiger partial charge in [0.1, 0.15) is 0 Å². The van der Waals surface area contributed by atoms with Gasteiger partial charge in [0.15, 0.2) is 0 Å². The monoisotopic (exact) mass is 268 g/mol. The first kappa shape index (κ1) is 15.0. The molecule has 0 bridgehead atoms. The maximum Gasteiger partial charge on any atom is 0.236 e. The van der Waals surface area contributed by atoms with E-state index in [1.165, 1.54) is 11.1 Å². The number of carbonyl (C=O) groups excluding carboxylic acids is 1. The molecule has 3 nitrogen and oxygen atoms in total. The summed E-state index contributed by atoms with van der Waals surface area (Å²) in [7, 11) is 0. The SMILES string of the molecule is Cc1ccccc1C1(CNC(=O)[C@H](C)N)CC1.Cl. The number of nitrogens with one attached hydrogen (secondary N) is 1. The largest absolute Gasteiger partial charge is 0.354 e. The second-order valence-electron chi connectivity index (χ2n) is 5.10. The summed E-state index contributed by atoms with van der Waals surface area (Å²) < 4.78 is 0. The van der Waals surface area contributed by atoms with Crippen molar-refractivity contribution in [3.63, 3.8) is 0 Å². The quantitative estimate of drug-likeness (QED) is 0.877. The average Bonchev–Trinajstić information content (AvgIpc) is 3.07. The van der Waals surface area contributed by atoms with Crippen molar-refractivity contribution in [1.82, 2.24) is 5.32 Å². The minimum Gasteiger partial charge on any atom is -0.354 e. The fourth-order valence-electron chi connectivity index (χ4n) is 2.28. The zero-order valence-corrected chi connectivity index (χ0v) is 11.7. The molecule has 1 amide bonds. The summed E-state index contributed by atoms with van der Waals surface area (Å²) in [6.07, 6.45) is 2.30. The van der Waals surface area contributed by atoms with Crippen LogP contribution in [0, 0.1) is 6.92 Å². The van der Waals surface area contributed by atoms with Gasteiger partial charge in [0, 0.05) is 12.0 Å². The van der Waals surface area contributed by atoms with Crippen molar-refractivity contribution in [2.45, 2.75) is 38.1 Å². The first-order valence-electron chi connectivity index (χ1n) is 6.15. The van der Waals surface area contributed by atoms with Crippen molar-refractivity contribution >= 4 is 18.3 Å². The van der Waals surface area contributed by atoms with Crippen molar-refractivity contribution in [2.75, 3.05) is 6.54 Å². The van der Waals surface area contributed by atoms with Crippen molar-refractivity contribution < 1.29 is 4.79 Å². The highest BCUT2D eigenvalue weighted by Crippen LogP contribution is 2.48. The molecular weight excluding hydrogens is 248 g/mol. The fourth-order valence-corrected chi connectivity index (χ4v) is 2.28. The summed E-state index contributed by atoms with van der Waals surface area (Å²) in [5.74, 6) is -0.0649. The Hall–Kier alpha value is -1.06. The molecule has 3 N–H and O–H groups in total. The Bertz CT molecular complexity index is 428. The number of aryl methyl sites for hydroxylation is 1. The maximum absolute atomic E-state index is 11.5. The van der Waals surface area contributed by atoms with Gasteiger partial charge in [0.05, 0.1) is 6.04 Å². The molecule has 1 fully saturated rings. The van der Waals surface area contributed by atoms with E-state index in [9.17, 15) is 4.79 Å². The lowest BCUT2D eigenvalue weighted by Gasteiger charge is -2.19. The average molecular weight is 269 g/mol. The van der Waals surface area contributed by atoms with E-state index in [2.05, 4.69) is 36.5 Å². The molecule has 18 heavy (non-hydrogen) atoms. The lowest BCUT2D eigenvalue weighted by molar-refractivity contribution is -0.122. The van der Waals surface area contributed by atoms with E-state index in [0.717, 1.165) is 12.8 Å². The second-order valence-corrected chi connectivity index (χ2v) is 5.10. The van der Waals surface area contributed by atoms with Crippen molar-refractivity contribution in [3.8, 4) is 0 Å². The van der Waals surface area contributed by atoms with Crippen LogP contribution in [0.4, 0.5) is 0 Å². The molecule has 1 saturated carbocycles. The third kappa shape index (κ3) is 3.03. The van der Waals surface area contributed by atoms with Gasteiger partial charge in [-0.05, 0) is 37.8 Å². The number of halogens is 1. The first-order chi connectivity index (χ1) is 8.05. The van der Waals surface area contributed by atoms with Crippen LogP contribution in [0.1, 0.15) is 30.9 Å². The molecular formula is C14H21ClN2O. The minimum absolute atomic E-state index is 0. The van der Waals surface area contributed by atoms with Gasteiger partial charge in [0.25, 0.3) is 0 Å². The van der Waals surface area contributed by atoms with Crippen LogP contribution in [0.25, 0.3) is 0 Å². The Morgan fingerprint density at radius 1 is 1.44 bits per heavy atom. The third-order valence-electron chi connectivity index (χ3n) is 3.58. The molecule has 1 aromatic carbocycles. The summed E-state index contributed by atoms with van der Waals surface area (Å²) >= 11 is 0. The molecule has 0 unspecified atom stereocenters. The molecule has 0 radical (unpaired) electrons. The zero-order valence-electron chi connectivity index (χ0n) is 10.9. The Morgan fingerprint density at radius 3 is 2.56 bits per heavy atom. The Morgan fingerprint density at radius 2 is 2.06 bits per heavy atom. The summed E-state index contributed by atoms with van der Waals surface area (Å²) in [5.41, 5.74) is 8.38. The number of amides is 1.